The first-order valence-corrected chi connectivity index (χ1v) is 5.49. The first-order valence-electron chi connectivity index (χ1n) is 5.11. The maximum absolute atomic E-state index is 13.4. The van der Waals surface area contributed by atoms with E-state index in [4.69, 9.17) is 11.6 Å². The number of rotatable bonds is 2. The van der Waals surface area contributed by atoms with Gasteiger partial charge in [0, 0.05) is 12.4 Å². The third-order valence-corrected chi connectivity index (χ3v) is 2.66. The summed E-state index contributed by atoms with van der Waals surface area (Å²) in [5.74, 6) is -1.28. The molecule has 0 saturated heterocycles. The van der Waals surface area contributed by atoms with E-state index in [1.165, 1.54) is 18.5 Å². The van der Waals surface area contributed by atoms with Crippen molar-refractivity contribution in [2.24, 2.45) is 0 Å². The Bertz CT molecular complexity index is 583. The average molecular weight is 266 g/mol. The number of aryl methyl sites for hydroxylation is 1. The molecule has 0 fully saturated rings. The van der Waals surface area contributed by atoms with E-state index in [9.17, 15) is 9.18 Å². The Morgan fingerprint density at radius 1 is 1.39 bits per heavy atom. The second-order valence-corrected chi connectivity index (χ2v) is 3.96. The van der Waals surface area contributed by atoms with Crippen LogP contribution in [0.25, 0.3) is 0 Å². The van der Waals surface area contributed by atoms with Gasteiger partial charge < -0.3 is 5.32 Å². The first kappa shape index (κ1) is 12.4. The Kier molecular flexibility index (Phi) is 3.53. The van der Waals surface area contributed by atoms with Crippen molar-refractivity contribution >= 4 is 23.2 Å². The van der Waals surface area contributed by atoms with E-state index in [1.807, 2.05) is 0 Å². The van der Waals surface area contributed by atoms with Gasteiger partial charge in [-0.05, 0) is 24.6 Å². The molecule has 0 unspecified atom stereocenters. The van der Waals surface area contributed by atoms with Crippen LogP contribution in [0.3, 0.4) is 0 Å². The van der Waals surface area contributed by atoms with Gasteiger partial charge in [-0.15, -0.1) is 0 Å². The highest BCUT2D eigenvalue weighted by molar-refractivity contribution is 6.32. The van der Waals surface area contributed by atoms with Crippen molar-refractivity contribution in [1.82, 2.24) is 9.97 Å². The lowest BCUT2D eigenvalue weighted by molar-refractivity contribution is 0.102. The van der Waals surface area contributed by atoms with Gasteiger partial charge in [-0.25, -0.2) is 9.37 Å². The molecule has 0 aliphatic heterocycles. The minimum absolute atomic E-state index is 0.0932. The topological polar surface area (TPSA) is 54.9 Å². The third kappa shape index (κ3) is 2.46. The summed E-state index contributed by atoms with van der Waals surface area (Å²) in [5.41, 5.74) is 1.03. The van der Waals surface area contributed by atoms with Crippen molar-refractivity contribution in [1.29, 1.82) is 0 Å². The molecule has 92 valence electrons. The Balaban J connectivity index is 2.30. The molecule has 0 aliphatic carbocycles. The van der Waals surface area contributed by atoms with E-state index in [0.29, 0.717) is 5.69 Å². The van der Waals surface area contributed by atoms with Crippen molar-refractivity contribution in [3.05, 3.63) is 52.8 Å². The summed E-state index contributed by atoms with van der Waals surface area (Å²) in [6.07, 6.45) is 3.85. The molecule has 2 heterocycles. The molecule has 0 radical (unpaired) electrons. The maximum atomic E-state index is 13.4. The number of carbonyl (C=O) groups excluding carboxylic acids is 1. The van der Waals surface area contributed by atoms with Gasteiger partial charge >= 0.3 is 0 Å². The second kappa shape index (κ2) is 5.10. The van der Waals surface area contributed by atoms with Crippen LogP contribution < -0.4 is 5.32 Å². The van der Waals surface area contributed by atoms with E-state index in [0.717, 1.165) is 11.8 Å². The largest absolute Gasteiger partial charge is 0.319 e. The monoisotopic (exact) mass is 265 g/mol. The molecule has 0 bridgehead atoms. The van der Waals surface area contributed by atoms with Crippen LogP contribution in [0.4, 0.5) is 10.1 Å². The number of carbonyl (C=O) groups is 1. The van der Waals surface area contributed by atoms with E-state index >= 15 is 0 Å². The van der Waals surface area contributed by atoms with Gasteiger partial charge in [-0.3, -0.25) is 9.78 Å². The predicted molar refractivity (Wildman–Crippen MR) is 66.1 cm³/mol. The van der Waals surface area contributed by atoms with Crippen molar-refractivity contribution < 1.29 is 9.18 Å². The number of pyridine rings is 2. The molecule has 6 heteroatoms. The van der Waals surface area contributed by atoms with Gasteiger partial charge in [0.05, 0.1) is 17.4 Å². The summed E-state index contributed by atoms with van der Waals surface area (Å²) < 4.78 is 13.4. The van der Waals surface area contributed by atoms with Crippen LogP contribution in [-0.2, 0) is 0 Å². The van der Waals surface area contributed by atoms with Gasteiger partial charge in [0.1, 0.15) is 0 Å². The lowest BCUT2D eigenvalue weighted by Gasteiger charge is -2.09. The number of aromatic nitrogens is 2. The number of hydrogen-bond acceptors (Lipinski definition) is 3. The summed E-state index contributed by atoms with van der Waals surface area (Å²) in [7, 11) is 0. The molecule has 1 N–H and O–H groups in total. The van der Waals surface area contributed by atoms with E-state index in [1.54, 1.807) is 13.0 Å². The van der Waals surface area contributed by atoms with Gasteiger partial charge in [-0.2, -0.15) is 0 Å². The zero-order chi connectivity index (χ0) is 13.1. The highest BCUT2D eigenvalue weighted by Crippen LogP contribution is 2.23. The third-order valence-electron chi connectivity index (χ3n) is 2.37. The van der Waals surface area contributed by atoms with Crippen LogP contribution >= 0.6 is 11.6 Å². The van der Waals surface area contributed by atoms with Crippen molar-refractivity contribution in [2.75, 3.05) is 5.32 Å². The fourth-order valence-corrected chi connectivity index (χ4v) is 1.67. The van der Waals surface area contributed by atoms with Crippen molar-refractivity contribution in [3.8, 4) is 0 Å². The van der Waals surface area contributed by atoms with Crippen LogP contribution in [0.5, 0.6) is 0 Å². The molecule has 0 aromatic carbocycles. The second-order valence-electron chi connectivity index (χ2n) is 3.60. The lowest BCUT2D eigenvalue weighted by atomic mass is 10.2. The van der Waals surface area contributed by atoms with E-state index in [2.05, 4.69) is 15.3 Å². The summed E-state index contributed by atoms with van der Waals surface area (Å²) in [5, 5.41) is 2.70. The molecule has 1 amide bonds. The van der Waals surface area contributed by atoms with Crippen molar-refractivity contribution in [3.63, 3.8) is 0 Å². The van der Waals surface area contributed by atoms with E-state index in [-0.39, 0.29) is 10.7 Å². The number of nitrogens with zero attached hydrogens (tertiary/aromatic N) is 2. The zero-order valence-corrected chi connectivity index (χ0v) is 10.2. The Hall–Kier alpha value is -2.01. The van der Waals surface area contributed by atoms with E-state index < -0.39 is 11.7 Å². The number of halogens is 2. The SMILES string of the molecule is Cc1ccnc(Cl)c1NC(=O)c1ccncc1F. The van der Waals surface area contributed by atoms with Gasteiger partial charge in [0.25, 0.3) is 5.91 Å². The van der Waals surface area contributed by atoms with Gasteiger partial charge in [0.15, 0.2) is 11.0 Å². The highest BCUT2D eigenvalue weighted by atomic mass is 35.5. The molecule has 2 rings (SSSR count). The number of amides is 1. The normalized spacial score (nSPS) is 10.2. The predicted octanol–water partition coefficient (Wildman–Crippen LogP) is 2.83. The van der Waals surface area contributed by atoms with Crippen LogP contribution in [0.2, 0.25) is 5.15 Å². The summed E-state index contributed by atoms with van der Waals surface area (Å²) >= 11 is 5.87. The average Bonchev–Trinajstić information content (AvgIpc) is 2.34. The molecule has 18 heavy (non-hydrogen) atoms. The van der Waals surface area contributed by atoms with Crippen LogP contribution in [-0.4, -0.2) is 15.9 Å². The molecule has 4 nitrogen and oxygen atoms in total. The minimum atomic E-state index is -0.687. The highest BCUT2D eigenvalue weighted by Gasteiger charge is 2.14. The molecule has 0 atom stereocenters. The van der Waals surface area contributed by atoms with Gasteiger partial charge in [-0.1, -0.05) is 11.6 Å². The summed E-state index contributed by atoms with van der Waals surface area (Å²) in [6, 6.07) is 2.99. The molecule has 0 spiro atoms. The Labute approximate surface area is 108 Å². The molecule has 2 aromatic heterocycles. The fraction of sp³-hybridized carbons (Fsp3) is 0.0833. The molecule has 2 aromatic rings. The maximum Gasteiger partial charge on any atom is 0.258 e. The standard InChI is InChI=1S/C12H9ClFN3O/c1-7-2-5-16-11(13)10(7)17-12(18)8-3-4-15-6-9(8)14/h2-6H,1H3,(H,17,18). The van der Waals surface area contributed by atoms with Gasteiger partial charge in [0.2, 0.25) is 0 Å². The Morgan fingerprint density at radius 2 is 2.17 bits per heavy atom. The van der Waals surface area contributed by atoms with Crippen LogP contribution in [0, 0.1) is 12.7 Å². The fourth-order valence-electron chi connectivity index (χ4n) is 1.42. The number of hydrogen-bond donors (Lipinski definition) is 1. The number of anilines is 1. The quantitative estimate of drug-likeness (QED) is 0.850. The van der Waals surface area contributed by atoms with Crippen LogP contribution in [0.1, 0.15) is 15.9 Å². The zero-order valence-electron chi connectivity index (χ0n) is 9.45. The summed E-state index contributed by atoms with van der Waals surface area (Å²) in [4.78, 5) is 19.3. The summed E-state index contributed by atoms with van der Waals surface area (Å²) in [6.45, 7) is 1.77. The molecular weight excluding hydrogens is 257 g/mol. The minimum Gasteiger partial charge on any atom is -0.319 e. The smallest absolute Gasteiger partial charge is 0.258 e. The first-order chi connectivity index (χ1) is 8.59. The van der Waals surface area contributed by atoms with Crippen LogP contribution in [0.15, 0.2) is 30.7 Å². The number of nitrogens with one attached hydrogen (secondary N) is 1. The lowest BCUT2D eigenvalue weighted by Crippen LogP contribution is -2.15. The van der Waals surface area contributed by atoms with Crippen molar-refractivity contribution in [2.45, 2.75) is 6.92 Å². The molecule has 0 saturated carbocycles. The molecular formula is C12H9ClFN3O. The molecule has 0 aliphatic rings. The Morgan fingerprint density at radius 3 is 2.83 bits per heavy atom.